The van der Waals surface area contributed by atoms with Crippen molar-refractivity contribution in [2.45, 2.75) is 19.1 Å². The Morgan fingerprint density at radius 3 is 2.65 bits per heavy atom. The molecule has 0 aliphatic carbocycles. The van der Waals surface area contributed by atoms with Crippen molar-refractivity contribution < 1.29 is 18.7 Å². The van der Waals surface area contributed by atoms with E-state index in [9.17, 15) is 18.7 Å². The second-order valence-electron chi connectivity index (χ2n) is 4.09. The first kappa shape index (κ1) is 14.1. The van der Waals surface area contributed by atoms with Crippen LogP contribution in [0.25, 0.3) is 0 Å². The third-order valence-corrected chi connectivity index (χ3v) is 2.80. The highest BCUT2D eigenvalue weighted by molar-refractivity contribution is 5.75. The lowest BCUT2D eigenvalue weighted by Gasteiger charge is -2.15. The maximum Gasteiger partial charge on any atom is 0.325 e. The smallest absolute Gasteiger partial charge is 0.325 e. The van der Waals surface area contributed by atoms with Crippen LogP contribution >= 0.6 is 0 Å². The van der Waals surface area contributed by atoms with Crippen LogP contribution in [0.1, 0.15) is 24.0 Å². The Hall–Kier alpha value is -2.28. The first-order chi connectivity index (χ1) is 9.59. The van der Waals surface area contributed by atoms with Crippen LogP contribution in [0.3, 0.4) is 0 Å². The number of carboxylic acids is 1. The van der Waals surface area contributed by atoms with Crippen molar-refractivity contribution in [3.05, 3.63) is 54.1 Å². The van der Waals surface area contributed by atoms with E-state index < -0.39 is 18.6 Å². The van der Waals surface area contributed by atoms with E-state index in [1.54, 1.807) is 30.3 Å². The molecule has 2 rings (SSSR count). The molecule has 2 N–H and O–H groups in total. The maximum atomic E-state index is 12.6. The molecular weight excluding hydrogens is 268 g/mol. The average Bonchev–Trinajstić information content (AvgIpc) is 2.88. The zero-order chi connectivity index (χ0) is 14.5. The van der Waals surface area contributed by atoms with Crippen molar-refractivity contribution in [2.24, 2.45) is 0 Å². The van der Waals surface area contributed by atoms with Crippen LogP contribution in [0.2, 0.25) is 0 Å². The summed E-state index contributed by atoms with van der Waals surface area (Å²) in [7, 11) is 0. The topological polar surface area (TPSA) is 67.2 Å². The van der Waals surface area contributed by atoms with E-state index in [1.807, 2.05) is 0 Å². The number of nitrogens with one attached hydrogen (secondary N) is 1. The molecule has 1 aromatic heterocycles. The predicted octanol–water partition coefficient (Wildman–Crippen LogP) is 2.19. The van der Waals surface area contributed by atoms with E-state index in [2.05, 4.69) is 10.3 Å². The SMILES string of the molecule is O=C(O)C(NCc1nccn1C(F)F)c1ccccc1. The summed E-state index contributed by atoms with van der Waals surface area (Å²) in [5.74, 6) is -0.992. The van der Waals surface area contributed by atoms with Crippen LogP contribution in [0.15, 0.2) is 42.7 Å². The number of nitrogens with zero attached hydrogens (tertiary/aromatic N) is 2. The number of hydrogen-bond acceptors (Lipinski definition) is 3. The molecule has 0 saturated carbocycles. The van der Waals surface area contributed by atoms with Gasteiger partial charge in [0, 0.05) is 12.4 Å². The number of carboxylic acid groups (broad SMARTS) is 1. The van der Waals surface area contributed by atoms with Gasteiger partial charge in [0.05, 0.1) is 6.54 Å². The minimum Gasteiger partial charge on any atom is -0.480 e. The summed E-state index contributed by atoms with van der Waals surface area (Å²) in [5.41, 5.74) is 0.551. The monoisotopic (exact) mass is 281 g/mol. The van der Waals surface area contributed by atoms with Gasteiger partial charge in [0.2, 0.25) is 0 Å². The van der Waals surface area contributed by atoms with Gasteiger partial charge in [-0.25, -0.2) is 4.98 Å². The third-order valence-electron chi connectivity index (χ3n) is 2.80. The van der Waals surface area contributed by atoms with Crippen molar-refractivity contribution >= 4 is 5.97 Å². The molecule has 2 aromatic rings. The highest BCUT2D eigenvalue weighted by Gasteiger charge is 2.20. The Balaban J connectivity index is 2.10. The molecule has 106 valence electrons. The highest BCUT2D eigenvalue weighted by atomic mass is 19.3. The van der Waals surface area contributed by atoms with Gasteiger partial charge in [-0.15, -0.1) is 0 Å². The Kier molecular flexibility index (Phi) is 4.41. The molecule has 0 aliphatic heterocycles. The molecule has 0 saturated heterocycles. The summed E-state index contributed by atoms with van der Waals surface area (Å²) in [6.07, 6.45) is 2.40. The molecule has 0 spiro atoms. The maximum absolute atomic E-state index is 12.6. The second-order valence-corrected chi connectivity index (χ2v) is 4.09. The van der Waals surface area contributed by atoms with Gasteiger partial charge in [-0.2, -0.15) is 8.78 Å². The lowest BCUT2D eigenvalue weighted by Crippen LogP contribution is -2.29. The molecule has 7 heteroatoms. The molecule has 1 unspecified atom stereocenters. The minimum atomic E-state index is -2.70. The fraction of sp³-hybridized carbons (Fsp3) is 0.231. The van der Waals surface area contributed by atoms with Gasteiger partial charge in [-0.1, -0.05) is 30.3 Å². The normalized spacial score (nSPS) is 12.6. The first-order valence-corrected chi connectivity index (χ1v) is 5.90. The largest absolute Gasteiger partial charge is 0.480 e. The van der Waals surface area contributed by atoms with E-state index in [1.165, 1.54) is 6.20 Å². The van der Waals surface area contributed by atoms with Gasteiger partial charge in [0.15, 0.2) is 0 Å². The van der Waals surface area contributed by atoms with E-state index in [-0.39, 0.29) is 12.4 Å². The van der Waals surface area contributed by atoms with Gasteiger partial charge in [-0.05, 0) is 5.56 Å². The molecule has 1 atom stereocenters. The van der Waals surface area contributed by atoms with Crippen LogP contribution in [0.4, 0.5) is 8.78 Å². The van der Waals surface area contributed by atoms with Crippen LogP contribution in [0.5, 0.6) is 0 Å². The molecule has 1 heterocycles. The van der Waals surface area contributed by atoms with Crippen LogP contribution < -0.4 is 5.32 Å². The Morgan fingerprint density at radius 2 is 2.05 bits per heavy atom. The zero-order valence-corrected chi connectivity index (χ0v) is 10.4. The number of aromatic nitrogens is 2. The molecule has 0 radical (unpaired) electrons. The van der Waals surface area contributed by atoms with Crippen LogP contribution in [-0.2, 0) is 11.3 Å². The summed E-state index contributed by atoms with van der Waals surface area (Å²) in [4.78, 5) is 15.0. The van der Waals surface area contributed by atoms with Crippen molar-refractivity contribution in [1.82, 2.24) is 14.9 Å². The van der Waals surface area contributed by atoms with Crippen LogP contribution in [-0.4, -0.2) is 20.6 Å². The standard InChI is InChI=1S/C13H13F2N3O2/c14-13(15)18-7-6-16-10(18)8-17-11(12(19)20)9-4-2-1-3-5-9/h1-7,11,13,17H,8H2,(H,19,20). The number of halogens is 2. The average molecular weight is 281 g/mol. The molecule has 0 fully saturated rings. The number of benzene rings is 1. The van der Waals surface area contributed by atoms with Crippen molar-refractivity contribution in [3.63, 3.8) is 0 Å². The predicted molar refractivity (Wildman–Crippen MR) is 67.1 cm³/mol. The van der Waals surface area contributed by atoms with Gasteiger partial charge in [0.25, 0.3) is 0 Å². The number of imidazole rings is 1. The summed E-state index contributed by atoms with van der Waals surface area (Å²) in [6, 6.07) is 7.54. The molecule has 0 bridgehead atoms. The lowest BCUT2D eigenvalue weighted by molar-refractivity contribution is -0.139. The van der Waals surface area contributed by atoms with Gasteiger partial charge >= 0.3 is 12.5 Å². The second kappa shape index (κ2) is 6.25. The van der Waals surface area contributed by atoms with Crippen molar-refractivity contribution in [1.29, 1.82) is 0 Å². The summed E-state index contributed by atoms with van der Waals surface area (Å²) < 4.78 is 26.0. The third kappa shape index (κ3) is 3.18. The number of carbonyl (C=O) groups is 1. The van der Waals surface area contributed by atoms with Gasteiger partial charge in [0.1, 0.15) is 11.9 Å². The van der Waals surface area contributed by atoms with Crippen molar-refractivity contribution in [3.8, 4) is 0 Å². The van der Waals surface area contributed by atoms with Crippen molar-refractivity contribution in [2.75, 3.05) is 0 Å². The fourth-order valence-corrected chi connectivity index (χ4v) is 1.85. The zero-order valence-electron chi connectivity index (χ0n) is 10.4. The molecular formula is C13H13F2N3O2. The van der Waals surface area contributed by atoms with Gasteiger partial charge < -0.3 is 5.11 Å². The molecule has 1 aromatic carbocycles. The summed E-state index contributed by atoms with van der Waals surface area (Å²) in [6.45, 7) is -2.77. The molecule has 0 aliphatic rings. The van der Waals surface area contributed by atoms with E-state index in [4.69, 9.17) is 0 Å². The quantitative estimate of drug-likeness (QED) is 0.851. The molecule has 5 nitrogen and oxygen atoms in total. The van der Waals surface area contributed by atoms with E-state index in [0.717, 1.165) is 6.20 Å². The number of hydrogen-bond donors (Lipinski definition) is 2. The number of alkyl halides is 2. The summed E-state index contributed by atoms with van der Waals surface area (Å²) in [5, 5.41) is 11.9. The molecule has 0 amide bonds. The Bertz CT molecular complexity index is 572. The Morgan fingerprint density at radius 1 is 1.35 bits per heavy atom. The summed E-state index contributed by atoms with van der Waals surface area (Å²) >= 11 is 0. The number of aliphatic carboxylic acids is 1. The Labute approximate surface area is 113 Å². The van der Waals surface area contributed by atoms with E-state index in [0.29, 0.717) is 10.1 Å². The van der Waals surface area contributed by atoms with E-state index >= 15 is 0 Å². The van der Waals surface area contributed by atoms with Gasteiger partial charge in [-0.3, -0.25) is 14.7 Å². The first-order valence-electron chi connectivity index (χ1n) is 5.90. The fourth-order valence-electron chi connectivity index (χ4n) is 1.85. The molecule has 20 heavy (non-hydrogen) atoms. The van der Waals surface area contributed by atoms with Crippen LogP contribution in [0, 0.1) is 0 Å². The minimum absolute atomic E-state index is 0.0663. The highest BCUT2D eigenvalue weighted by Crippen LogP contribution is 2.16. The lowest BCUT2D eigenvalue weighted by atomic mass is 10.1. The number of rotatable bonds is 6.